The van der Waals surface area contributed by atoms with E-state index in [-0.39, 0.29) is 17.9 Å². The van der Waals surface area contributed by atoms with Crippen molar-refractivity contribution in [1.82, 2.24) is 10.2 Å². The van der Waals surface area contributed by atoms with E-state index < -0.39 is 5.91 Å². The van der Waals surface area contributed by atoms with Crippen LogP contribution in [0.1, 0.15) is 32.6 Å². The molecule has 1 fully saturated rings. The van der Waals surface area contributed by atoms with E-state index in [1.165, 1.54) is 4.90 Å². The fourth-order valence-electron chi connectivity index (χ4n) is 2.66. The normalized spacial score (nSPS) is 24.4. The Bertz CT molecular complexity index is 280. The second kappa shape index (κ2) is 6.00. The number of hydrogen-bond donors (Lipinski definition) is 2. The molecule has 1 aliphatic heterocycles. The topological polar surface area (TPSA) is 75.4 Å². The Kier molecular flexibility index (Phi) is 4.93. The molecule has 0 bridgehead atoms. The van der Waals surface area contributed by atoms with Crippen LogP contribution in [-0.2, 0) is 9.59 Å². The van der Waals surface area contributed by atoms with E-state index in [4.69, 9.17) is 5.73 Å². The number of likely N-dealkylation sites (N-methyl/N-ethyl adjacent to an activating group) is 1. The van der Waals surface area contributed by atoms with Crippen LogP contribution in [0.4, 0.5) is 0 Å². The molecule has 0 aromatic heterocycles. The van der Waals surface area contributed by atoms with Crippen molar-refractivity contribution in [3.63, 3.8) is 0 Å². The van der Waals surface area contributed by atoms with E-state index in [0.29, 0.717) is 6.54 Å². The molecule has 0 aromatic rings. The quantitative estimate of drug-likeness (QED) is 0.717. The minimum atomic E-state index is -0.462. The summed E-state index contributed by atoms with van der Waals surface area (Å²) in [6, 6.07) is 0. The first-order chi connectivity index (χ1) is 8.02. The summed E-state index contributed by atoms with van der Waals surface area (Å²) in [5, 5.41) is 3.29. The van der Waals surface area contributed by atoms with E-state index in [0.717, 1.165) is 32.2 Å². The number of carbonyl (C=O) groups excluding carboxylic acids is 2. The summed E-state index contributed by atoms with van der Waals surface area (Å²) in [4.78, 5) is 24.8. The van der Waals surface area contributed by atoms with Crippen molar-refractivity contribution in [3.8, 4) is 0 Å². The summed E-state index contributed by atoms with van der Waals surface area (Å²) in [5.41, 5.74) is 4.79. The first-order valence-electron chi connectivity index (χ1n) is 6.26. The molecular formula is C12H23N3O2. The monoisotopic (exact) mass is 241 g/mol. The molecule has 0 aromatic carbocycles. The van der Waals surface area contributed by atoms with Crippen molar-refractivity contribution < 1.29 is 9.59 Å². The zero-order valence-electron chi connectivity index (χ0n) is 10.8. The summed E-state index contributed by atoms with van der Waals surface area (Å²) in [6.45, 7) is 3.77. The fraction of sp³-hybridized carbons (Fsp3) is 0.833. The van der Waals surface area contributed by atoms with Crippen molar-refractivity contribution >= 4 is 11.8 Å². The van der Waals surface area contributed by atoms with Crippen LogP contribution < -0.4 is 11.1 Å². The van der Waals surface area contributed by atoms with Gasteiger partial charge in [0.25, 0.3) is 0 Å². The molecule has 5 heteroatoms. The van der Waals surface area contributed by atoms with Crippen LogP contribution in [-0.4, -0.2) is 43.4 Å². The minimum Gasteiger partial charge on any atom is -0.368 e. The molecule has 3 N–H and O–H groups in total. The lowest BCUT2D eigenvalue weighted by molar-refractivity contribution is -0.144. The number of rotatable bonds is 5. The van der Waals surface area contributed by atoms with Gasteiger partial charge in [0.05, 0.1) is 12.0 Å². The minimum absolute atomic E-state index is 0.00426. The van der Waals surface area contributed by atoms with Gasteiger partial charge in [-0.05, 0) is 25.8 Å². The van der Waals surface area contributed by atoms with Gasteiger partial charge >= 0.3 is 0 Å². The predicted molar refractivity (Wildman–Crippen MR) is 66.3 cm³/mol. The van der Waals surface area contributed by atoms with E-state index in [1.807, 2.05) is 0 Å². The van der Waals surface area contributed by atoms with Crippen molar-refractivity contribution in [2.75, 3.05) is 26.7 Å². The van der Waals surface area contributed by atoms with Gasteiger partial charge in [-0.1, -0.05) is 13.3 Å². The highest BCUT2D eigenvalue weighted by molar-refractivity contribution is 5.87. The smallest absolute Gasteiger partial charge is 0.237 e. The molecule has 1 rings (SSSR count). The van der Waals surface area contributed by atoms with Gasteiger partial charge in [-0.25, -0.2) is 0 Å². The lowest BCUT2D eigenvalue weighted by Gasteiger charge is -2.38. The third-order valence-electron chi connectivity index (χ3n) is 3.39. The molecule has 17 heavy (non-hydrogen) atoms. The van der Waals surface area contributed by atoms with Crippen LogP contribution in [0.15, 0.2) is 0 Å². The predicted octanol–water partition coefficient (Wildman–Crippen LogP) is 0.100. The number of amides is 2. The Labute approximate surface area is 103 Å². The maximum atomic E-state index is 12.4. The Balaban J connectivity index is 2.75. The molecule has 1 atom stereocenters. The van der Waals surface area contributed by atoms with Gasteiger partial charge in [0.1, 0.15) is 0 Å². The molecule has 1 heterocycles. The first kappa shape index (κ1) is 14.0. The Morgan fingerprint density at radius 3 is 2.65 bits per heavy atom. The number of carbonyl (C=O) groups is 2. The molecule has 2 amide bonds. The number of nitrogens with zero attached hydrogens (tertiary/aromatic N) is 1. The zero-order chi connectivity index (χ0) is 12.9. The number of nitrogens with one attached hydrogen (secondary N) is 1. The van der Waals surface area contributed by atoms with E-state index >= 15 is 0 Å². The first-order valence-corrected chi connectivity index (χ1v) is 6.26. The van der Waals surface area contributed by atoms with Crippen LogP contribution in [0.3, 0.4) is 0 Å². The van der Waals surface area contributed by atoms with Crippen molar-refractivity contribution in [1.29, 1.82) is 0 Å². The lowest BCUT2D eigenvalue weighted by atomic mass is 9.76. The molecule has 0 radical (unpaired) electrons. The summed E-state index contributed by atoms with van der Waals surface area (Å²) >= 11 is 0. The average Bonchev–Trinajstić information content (AvgIpc) is 2.28. The molecule has 0 aliphatic carbocycles. The molecular weight excluding hydrogens is 218 g/mol. The molecule has 0 saturated carbocycles. The summed E-state index contributed by atoms with van der Waals surface area (Å²) in [5.74, 6) is -0.415. The van der Waals surface area contributed by atoms with Gasteiger partial charge in [0.15, 0.2) is 0 Å². The second-order valence-electron chi connectivity index (χ2n) is 4.94. The van der Waals surface area contributed by atoms with E-state index in [1.54, 1.807) is 7.05 Å². The van der Waals surface area contributed by atoms with Crippen LogP contribution in [0.5, 0.6) is 0 Å². The molecule has 1 saturated heterocycles. The highest BCUT2D eigenvalue weighted by atomic mass is 16.2. The molecule has 5 nitrogen and oxygen atoms in total. The van der Waals surface area contributed by atoms with Crippen molar-refractivity contribution in [2.24, 2.45) is 11.1 Å². The largest absolute Gasteiger partial charge is 0.368 e. The van der Waals surface area contributed by atoms with Crippen LogP contribution in [0, 0.1) is 5.41 Å². The number of hydrogen-bond acceptors (Lipinski definition) is 3. The maximum absolute atomic E-state index is 12.4. The van der Waals surface area contributed by atoms with Gasteiger partial charge in [0.2, 0.25) is 11.8 Å². The van der Waals surface area contributed by atoms with Gasteiger partial charge in [-0.3, -0.25) is 9.59 Å². The van der Waals surface area contributed by atoms with Crippen LogP contribution in [0.2, 0.25) is 0 Å². The van der Waals surface area contributed by atoms with Gasteiger partial charge in [-0.15, -0.1) is 0 Å². The van der Waals surface area contributed by atoms with Crippen LogP contribution in [0.25, 0.3) is 0 Å². The number of piperidine rings is 1. The second-order valence-corrected chi connectivity index (χ2v) is 4.94. The average molecular weight is 241 g/mol. The zero-order valence-corrected chi connectivity index (χ0v) is 10.8. The number of nitrogens with two attached hydrogens (primary N) is 1. The summed E-state index contributed by atoms with van der Waals surface area (Å²) in [7, 11) is 1.65. The number of primary amides is 1. The summed E-state index contributed by atoms with van der Waals surface area (Å²) in [6.07, 6.45) is 3.74. The van der Waals surface area contributed by atoms with Gasteiger partial charge in [-0.2, -0.15) is 0 Å². The van der Waals surface area contributed by atoms with E-state index in [9.17, 15) is 9.59 Å². The highest BCUT2D eigenvalue weighted by Gasteiger charge is 2.40. The summed E-state index contributed by atoms with van der Waals surface area (Å²) < 4.78 is 0. The Hall–Kier alpha value is -1.10. The Morgan fingerprint density at radius 2 is 2.18 bits per heavy atom. The van der Waals surface area contributed by atoms with E-state index in [2.05, 4.69) is 12.2 Å². The fourth-order valence-corrected chi connectivity index (χ4v) is 2.66. The van der Waals surface area contributed by atoms with Crippen molar-refractivity contribution in [3.05, 3.63) is 0 Å². The molecule has 98 valence electrons. The third-order valence-corrected chi connectivity index (χ3v) is 3.39. The third kappa shape index (κ3) is 3.43. The maximum Gasteiger partial charge on any atom is 0.237 e. The molecule has 1 aliphatic rings. The molecule has 0 spiro atoms. The molecule has 1 unspecified atom stereocenters. The van der Waals surface area contributed by atoms with Crippen molar-refractivity contribution in [2.45, 2.75) is 32.6 Å². The van der Waals surface area contributed by atoms with Gasteiger partial charge in [0, 0.05) is 13.6 Å². The SMILES string of the molecule is CCCC1(C(=O)N(C)CC(N)=O)CCCNC1. The standard InChI is InChI=1S/C12H23N3O2/c1-3-5-12(6-4-7-14-9-12)11(17)15(2)8-10(13)16/h14H,3-9H2,1-2H3,(H2,13,16). The van der Waals surface area contributed by atoms with Crippen LogP contribution >= 0.6 is 0 Å². The lowest BCUT2D eigenvalue weighted by Crippen LogP contribution is -2.52. The Morgan fingerprint density at radius 1 is 1.47 bits per heavy atom. The van der Waals surface area contributed by atoms with Gasteiger partial charge < -0.3 is 16.0 Å². The highest BCUT2D eigenvalue weighted by Crippen LogP contribution is 2.33.